The van der Waals surface area contributed by atoms with Gasteiger partial charge >= 0.3 is 0 Å². The van der Waals surface area contributed by atoms with Gasteiger partial charge < -0.3 is 4.90 Å². The van der Waals surface area contributed by atoms with Crippen molar-refractivity contribution in [1.82, 2.24) is 9.80 Å². The summed E-state index contributed by atoms with van der Waals surface area (Å²) in [6.07, 6.45) is 4.01. The fourth-order valence-corrected chi connectivity index (χ4v) is 2.97. The van der Waals surface area contributed by atoms with E-state index in [9.17, 15) is 0 Å². The molecule has 0 aliphatic carbocycles. The van der Waals surface area contributed by atoms with Crippen LogP contribution in [0.5, 0.6) is 0 Å². The predicted octanol–water partition coefficient (Wildman–Crippen LogP) is 1.31. The van der Waals surface area contributed by atoms with E-state index in [1.165, 1.54) is 32.4 Å². The zero-order valence-electron chi connectivity index (χ0n) is 9.82. The largest absolute Gasteiger partial charge is 0.300 e. The molecular formula is C12H21N3. The van der Waals surface area contributed by atoms with E-state index in [4.69, 9.17) is 5.26 Å². The molecular weight excluding hydrogens is 186 g/mol. The van der Waals surface area contributed by atoms with E-state index in [-0.39, 0.29) is 5.92 Å². The van der Waals surface area contributed by atoms with Gasteiger partial charge in [-0.15, -0.1) is 0 Å². The summed E-state index contributed by atoms with van der Waals surface area (Å²) in [6, 6.07) is 3.88. The number of likely N-dealkylation sites (tertiary alicyclic amines) is 1. The molecule has 0 N–H and O–H groups in total. The van der Waals surface area contributed by atoms with Crippen LogP contribution in [0.3, 0.4) is 0 Å². The number of hydrogen-bond donors (Lipinski definition) is 0. The molecule has 0 amide bonds. The van der Waals surface area contributed by atoms with Crippen LogP contribution in [-0.4, -0.2) is 48.6 Å². The number of nitrogens with zero attached hydrogens (tertiary/aromatic N) is 3. The second-order valence-corrected chi connectivity index (χ2v) is 5.13. The van der Waals surface area contributed by atoms with E-state index in [0.717, 1.165) is 18.6 Å². The van der Waals surface area contributed by atoms with E-state index in [0.29, 0.717) is 0 Å². The lowest BCUT2D eigenvalue weighted by atomic mass is 10.1. The summed E-state index contributed by atoms with van der Waals surface area (Å²) in [5, 5.41) is 8.83. The fraction of sp³-hybridized carbons (Fsp3) is 0.917. The van der Waals surface area contributed by atoms with Gasteiger partial charge in [-0.3, -0.25) is 4.90 Å². The third-order valence-corrected chi connectivity index (χ3v) is 3.98. The molecule has 3 atom stereocenters. The van der Waals surface area contributed by atoms with Crippen LogP contribution in [0.2, 0.25) is 0 Å². The van der Waals surface area contributed by atoms with Gasteiger partial charge in [0.1, 0.15) is 0 Å². The first kappa shape index (κ1) is 10.9. The maximum Gasteiger partial charge on any atom is 0.0666 e. The molecule has 2 aliphatic heterocycles. The van der Waals surface area contributed by atoms with E-state index >= 15 is 0 Å². The Labute approximate surface area is 92.7 Å². The standard InChI is InChI=1S/C12H21N3/c1-10(7-13)8-15-6-5-11-3-4-12(9-15)14(11)2/h10-12H,3-6,8-9H2,1-2H3. The van der Waals surface area contributed by atoms with Crippen LogP contribution in [0.25, 0.3) is 0 Å². The molecule has 2 aliphatic rings. The number of rotatable bonds is 2. The van der Waals surface area contributed by atoms with Crippen molar-refractivity contribution in [2.24, 2.45) is 5.92 Å². The topological polar surface area (TPSA) is 30.3 Å². The molecule has 3 unspecified atom stereocenters. The van der Waals surface area contributed by atoms with Crippen molar-refractivity contribution in [3.63, 3.8) is 0 Å². The van der Waals surface area contributed by atoms with Crippen molar-refractivity contribution in [2.75, 3.05) is 26.7 Å². The van der Waals surface area contributed by atoms with Gasteiger partial charge in [-0.25, -0.2) is 0 Å². The van der Waals surface area contributed by atoms with Crippen molar-refractivity contribution in [1.29, 1.82) is 5.26 Å². The van der Waals surface area contributed by atoms with Crippen molar-refractivity contribution >= 4 is 0 Å². The normalized spacial score (nSPS) is 34.7. The minimum atomic E-state index is 0.173. The lowest BCUT2D eigenvalue weighted by Gasteiger charge is -2.26. The molecule has 0 aromatic carbocycles. The molecule has 15 heavy (non-hydrogen) atoms. The minimum Gasteiger partial charge on any atom is -0.300 e. The average molecular weight is 207 g/mol. The van der Waals surface area contributed by atoms with Crippen LogP contribution in [0.4, 0.5) is 0 Å². The second-order valence-electron chi connectivity index (χ2n) is 5.13. The van der Waals surface area contributed by atoms with Gasteiger partial charge in [-0.1, -0.05) is 0 Å². The van der Waals surface area contributed by atoms with E-state index in [1.807, 2.05) is 6.92 Å². The highest BCUT2D eigenvalue weighted by Crippen LogP contribution is 2.28. The lowest BCUT2D eigenvalue weighted by molar-refractivity contribution is 0.211. The molecule has 0 aromatic rings. The molecule has 0 spiro atoms. The number of hydrogen-bond acceptors (Lipinski definition) is 3. The lowest BCUT2D eigenvalue weighted by Crippen LogP contribution is -2.38. The van der Waals surface area contributed by atoms with E-state index < -0.39 is 0 Å². The first-order valence-corrected chi connectivity index (χ1v) is 6.04. The van der Waals surface area contributed by atoms with Crippen molar-refractivity contribution in [2.45, 2.75) is 38.3 Å². The third-order valence-electron chi connectivity index (χ3n) is 3.98. The van der Waals surface area contributed by atoms with Crippen LogP contribution in [-0.2, 0) is 0 Å². The summed E-state index contributed by atoms with van der Waals surface area (Å²) in [6.45, 7) is 5.32. The molecule has 2 rings (SSSR count). The average Bonchev–Trinajstić information content (AvgIpc) is 2.46. The highest BCUT2D eigenvalue weighted by atomic mass is 15.3. The van der Waals surface area contributed by atoms with Gasteiger partial charge in [0.25, 0.3) is 0 Å². The minimum absolute atomic E-state index is 0.173. The van der Waals surface area contributed by atoms with Crippen LogP contribution in [0.15, 0.2) is 0 Å². The summed E-state index contributed by atoms with van der Waals surface area (Å²) >= 11 is 0. The van der Waals surface area contributed by atoms with E-state index in [1.54, 1.807) is 0 Å². The summed E-state index contributed by atoms with van der Waals surface area (Å²) in [5.74, 6) is 0.173. The number of fused-ring (bicyclic) bond motifs is 2. The van der Waals surface area contributed by atoms with Crippen molar-refractivity contribution in [3.8, 4) is 6.07 Å². The maximum atomic E-state index is 8.83. The van der Waals surface area contributed by atoms with Gasteiger partial charge in [0.15, 0.2) is 0 Å². The first-order chi connectivity index (χ1) is 7.20. The zero-order valence-corrected chi connectivity index (χ0v) is 9.82. The summed E-state index contributed by atoms with van der Waals surface area (Å²) in [7, 11) is 2.26. The third kappa shape index (κ3) is 2.32. The van der Waals surface area contributed by atoms with Crippen LogP contribution < -0.4 is 0 Å². The second kappa shape index (κ2) is 4.51. The molecule has 2 bridgehead atoms. The predicted molar refractivity (Wildman–Crippen MR) is 60.4 cm³/mol. The molecule has 2 fully saturated rings. The number of nitriles is 1. The Morgan fingerprint density at radius 2 is 2.07 bits per heavy atom. The molecule has 3 heteroatoms. The molecule has 0 radical (unpaired) electrons. The Morgan fingerprint density at radius 3 is 2.80 bits per heavy atom. The first-order valence-electron chi connectivity index (χ1n) is 6.04. The van der Waals surface area contributed by atoms with Gasteiger partial charge in [0, 0.05) is 25.2 Å². The van der Waals surface area contributed by atoms with Gasteiger partial charge in [0.2, 0.25) is 0 Å². The monoisotopic (exact) mass is 207 g/mol. The van der Waals surface area contributed by atoms with Gasteiger partial charge in [0.05, 0.1) is 12.0 Å². The summed E-state index contributed by atoms with van der Waals surface area (Å²) in [4.78, 5) is 5.03. The fourth-order valence-electron chi connectivity index (χ4n) is 2.97. The SMILES string of the molecule is CC(C#N)CN1CCC2CCC(C1)N2C. The molecule has 0 saturated carbocycles. The molecule has 3 nitrogen and oxygen atoms in total. The zero-order chi connectivity index (χ0) is 10.8. The number of likely N-dealkylation sites (N-methyl/N-ethyl adjacent to an activating group) is 1. The molecule has 2 heterocycles. The maximum absolute atomic E-state index is 8.83. The summed E-state index contributed by atoms with van der Waals surface area (Å²) < 4.78 is 0. The van der Waals surface area contributed by atoms with Gasteiger partial charge in [-0.05, 0) is 39.8 Å². The Hall–Kier alpha value is -0.590. The van der Waals surface area contributed by atoms with Crippen LogP contribution in [0.1, 0.15) is 26.2 Å². The highest BCUT2D eigenvalue weighted by Gasteiger charge is 2.34. The molecule has 0 aromatic heterocycles. The van der Waals surface area contributed by atoms with E-state index in [2.05, 4.69) is 22.9 Å². The van der Waals surface area contributed by atoms with Crippen LogP contribution in [0, 0.1) is 17.2 Å². The highest BCUT2D eigenvalue weighted by molar-refractivity contribution is 4.92. The molecule has 84 valence electrons. The quantitative estimate of drug-likeness (QED) is 0.684. The smallest absolute Gasteiger partial charge is 0.0666 e. The Morgan fingerprint density at radius 1 is 1.33 bits per heavy atom. The molecule has 2 saturated heterocycles. The van der Waals surface area contributed by atoms with Crippen LogP contribution >= 0.6 is 0 Å². The van der Waals surface area contributed by atoms with Crippen molar-refractivity contribution in [3.05, 3.63) is 0 Å². The summed E-state index contributed by atoms with van der Waals surface area (Å²) in [5.41, 5.74) is 0. The van der Waals surface area contributed by atoms with Gasteiger partial charge in [-0.2, -0.15) is 5.26 Å². The van der Waals surface area contributed by atoms with Crippen molar-refractivity contribution < 1.29 is 0 Å². The Balaban J connectivity index is 1.92. The Bertz CT molecular complexity index is 258. The Kier molecular flexibility index (Phi) is 3.28.